The van der Waals surface area contributed by atoms with Crippen molar-refractivity contribution in [3.05, 3.63) is 48.3 Å². The van der Waals surface area contributed by atoms with Gasteiger partial charge in [0.1, 0.15) is 17.1 Å². The van der Waals surface area contributed by atoms with Crippen LogP contribution in [0.3, 0.4) is 0 Å². The quantitative estimate of drug-likeness (QED) is 0.531. The van der Waals surface area contributed by atoms with Crippen LogP contribution in [0.15, 0.2) is 42.5 Å². The van der Waals surface area contributed by atoms with Gasteiger partial charge in [-0.2, -0.15) is 5.10 Å². The number of anilines is 1. The molecule has 0 bridgehead atoms. The van der Waals surface area contributed by atoms with Crippen LogP contribution >= 0.6 is 0 Å². The number of nitrogens with one attached hydrogen (secondary N) is 1. The van der Waals surface area contributed by atoms with Gasteiger partial charge in [-0.25, -0.2) is 9.18 Å². The third-order valence-corrected chi connectivity index (χ3v) is 6.22. The van der Waals surface area contributed by atoms with E-state index >= 15 is 0 Å². The van der Waals surface area contributed by atoms with Gasteiger partial charge in [0.05, 0.1) is 11.6 Å². The molecule has 2 aromatic carbocycles. The van der Waals surface area contributed by atoms with E-state index < -0.39 is 5.60 Å². The summed E-state index contributed by atoms with van der Waals surface area (Å²) in [4.78, 5) is 14.1. The van der Waals surface area contributed by atoms with Crippen molar-refractivity contribution >= 4 is 22.7 Å². The molecule has 1 aliphatic heterocycles. The van der Waals surface area contributed by atoms with Gasteiger partial charge in [0, 0.05) is 35.8 Å². The lowest BCUT2D eigenvalue weighted by atomic mass is 10.0. The number of piperidine rings is 1. The first-order chi connectivity index (χ1) is 15.8. The van der Waals surface area contributed by atoms with Crippen LogP contribution in [0.5, 0.6) is 0 Å². The fourth-order valence-electron chi connectivity index (χ4n) is 4.44. The standard InChI is InChI=1S/C26H31FN4O2/c1-26(2,3)33-25(32)30-13-11-19(12-14-30)28-20-7-10-22-23(16-20)31(21-8-9-21)29-24(22)17-5-4-6-18(27)15-17/h4-7,10,15-16,19,21,28H,8-9,11-14H2,1-3H3. The van der Waals surface area contributed by atoms with E-state index in [0.717, 1.165) is 53.5 Å². The van der Waals surface area contributed by atoms with Crippen molar-refractivity contribution in [2.75, 3.05) is 18.4 Å². The SMILES string of the molecule is CC(C)(C)OC(=O)N1CCC(Nc2ccc3c(-c4cccc(F)c4)nn(C4CC4)c3c2)CC1. The Morgan fingerprint density at radius 1 is 1.09 bits per heavy atom. The van der Waals surface area contributed by atoms with Crippen molar-refractivity contribution in [3.63, 3.8) is 0 Å². The highest BCUT2D eigenvalue weighted by atomic mass is 19.1. The number of benzene rings is 2. The Morgan fingerprint density at radius 3 is 2.52 bits per heavy atom. The maximum atomic E-state index is 13.8. The number of halogens is 1. The van der Waals surface area contributed by atoms with Crippen molar-refractivity contribution < 1.29 is 13.9 Å². The maximum absolute atomic E-state index is 13.8. The lowest BCUT2D eigenvalue weighted by Crippen LogP contribution is -2.44. The number of ether oxygens (including phenoxy) is 1. The average molecular weight is 451 g/mol. The number of likely N-dealkylation sites (tertiary alicyclic amines) is 1. The molecule has 33 heavy (non-hydrogen) atoms. The summed E-state index contributed by atoms with van der Waals surface area (Å²) in [6, 6.07) is 13.7. The van der Waals surface area contributed by atoms with E-state index in [-0.39, 0.29) is 11.9 Å². The molecule has 1 amide bonds. The van der Waals surface area contributed by atoms with Gasteiger partial charge < -0.3 is 15.0 Å². The Morgan fingerprint density at radius 2 is 1.85 bits per heavy atom. The van der Waals surface area contributed by atoms with Crippen LogP contribution < -0.4 is 5.32 Å². The zero-order valence-corrected chi connectivity index (χ0v) is 19.5. The summed E-state index contributed by atoms with van der Waals surface area (Å²) in [7, 11) is 0. The Kier molecular flexibility index (Phi) is 5.51. The minimum atomic E-state index is -0.476. The summed E-state index contributed by atoms with van der Waals surface area (Å²) in [5, 5.41) is 9.56. The van der Waals surface area contributed by atoms with E-state index in [0.29, 0.717) is 25.2 Å². The molecule has 7 heteroatoms. The molecule has 0 unspecified atom stereocenters. The normalized spacial score (nSPS) is 17.4. The molecule has 0 atom stereocenters. The van der Waals surface area contributed by atoms with Crippen molar-refractivity contribution in [2.24, 2.45) is 0 Å². The number of amides is 1. The van der Waals surface area contributed by atoms with Gasteiger partial charge in [0.25, 0.3) is 0 Å². The molecule has 174 valence electrons. The van der Waals surface area contributed by atoms with E-state index in [4.69, 9.17) is 9.84 Å². The molecule has 6 nitrogen and oxygen atoms in total. The van der Waals surface area contributed by atoms with Gasteiger partial charge in [-0.05, 0) is 76.8 Å². The first-order valence-electron chi connectivity index (χ1n) is 11.8. The smallest absolute Gasteiger partial charge is 0.410 e. The predicted octanol–water partition coefficient (Wildman–Crippen LogP) is 5.99. The molecule has 1 aliphatic carbocycles. The summed E-state index contributed by atoms with van der Waals surface area (Å²) in [5.41, 5.74) is 3.28. The molecular formula is C26H31FN4O2. The summed E-state index contributed by atoms with van der Waals surface area (Å²) < 4.78 is 21.4. The molecule has 1 aromatic heterocycles. The molecule has 3 aromatic rings. The fraction of sp³-hybridized carbons (Fsp3) is 0.462. The highest BCUT2D eigenvalue weighted by molar-refractivity contribution is 5.95. The molecule has 2 heterocycles. The van der Waals surface area contributed by atoms with Crippen molar-refractivity contribution in [1.29, 1.82) is 0 Å². The van der Waals surface area contributed by atoms with Gasteiger partial charge in [-0.3, -0.25) is 4.68 Å². The Hall–Kier alpha value is -3.09. The Labute approximate surface area is 193 Å². The first kappa shape index (κ1) is 21.7. The number of hydrogen-bond acceptors (Lipinski definition) is 4. The second kappa shape index (κ2) is 8.36. The number of nitrogens with zero attached hydrogens (tertiary/aromatic N) is 3. The summed E-state index contributed by atoms with van der Waals surface area (Å²) in [5.74, 6) is -0.252. The summed E-state index contributed by atoms with van der Waals surface area (Å²) >= 11 is 0. The Bertz CT molecular complexity index is 1170. The van der Waals surface area contributed by atoms with Crippen LogP contribution in [0.25, 0.3) is 22.2 Å². The minimum Gasteiger partial charge on any atom is -0.444 e. The number of rotatable bonds is 4. The van der Waals surface area contributed by atoms with Crippen molar-refractivity contribution in [2.45, 2.75) is 64.1 Å². The van der Waals surface area contributed by atoms with Crippen LogP contribution in [0, 0.1) is 5.82 Å². The second-order valence-electron chi connectivity index (χ2n) is 10.2. The largest absolute Gasteiger partial charge is 0.444 e. The first-order valence-corrected chi connectivity index (χ1v) is 11.8. The van der Waals surface area contributed by atoms with Crippen LogP contribution in [-0.4, -0.2) is 45.5 Å². The number of hydrogen-bond donors (Lipinski definition) is 1. The molecule has 1 saturated heterocycles. The van der Waals surface area contributed by atoms with Crippen LogP contribution in [0.4, 0.5) is 14.9 Å². The highest BCUT2D eigenvalue weighted by Crippen LogP contribution is 2.40. The number of carbonyl (C=O) groups is 1. The van der Waals surface area contributed by atoms with Gasteiger partial charge in [0.15, 0.2) is 0 Å². The third kappa shape index (κ3) is 4.82. The fourth-order valence-corrected chi connectivity index (χ4v) is 4.44. The number of fused-ring (bicyclic) bond motifs is 1. The molecule has 1 N–H and O–H groups in total. The molecule has 2 aliphatic rings. The lowest BCUT2D eigenvalue weighted by molar-refractivity contribution is 0.0210. The monoisotopic (exact) mass is 450 g/mol. The Balaban J connectivity index is 1.32. The van der Waals surface area contributed by atoms with Gasteiger partial charge in [-0.1, -0.05) is 12.1 Å². The third-order valence-electron chi connectivity index (χ3n) is 6.22. The zero-order chi connectivity index (χ0) is 23.2. The lowest BCUT2D eigenvalue weighted by Gasteiger charge is -2.34. The molecule has 0 radical (unpaired) electrons. The van der Waals surface area contributed by atoms with E-state index in [1.54, 1.807) is 17.0 Å². The van der Waals surface area contributed by atoms with Gasteiger partial charge in [-0.15, -0.1) is 0 Å². The zero-order valence-electron chi connectivity index (χ0n) is 19.5. The van der Waals surface area contributed by atoms with E-state index in [2.05, 4.69) is 28.2 Å². The molecule has 2 fully saturated rings. The average Bonchev–Trinajstić information content (AvgIpc) is 3.53. The summed E-state index contributed by atoms with van der Waals surface area (Å²) in [6.07, 6.45) is 3.75. The van der Waals surface area contributed by atoms with E-state index in [1.165, 1.54) is 6.07 Å². The topological polar surface area (TPSA) is 59.4 Å². The number of carbonyl (C=O) groups excluding carboxylic acids is 1. The molecular weight excluding hydrogens is 419 g/mol. The molecule has 0 spiro atoms. The summed E-state index contributed by atoms with van der Waals surface area (Å²) in [6.45, 7) is 7.03. The molecule has 1 saturated carbocycles. The van der Waals surface area contributed by atoms with Gasteiger partial charge in [0.2, 0.25) is 0 Å². The van der Waals surface area contributed by atoms with Crippen LogP contribution in [0.1, 0.15) is 52.5 Å². The predicted molar refractivity (Wildman–Crippen MR) is 128 cm³/mol. The van der Waals surface area contributed by atoms with Crippen LogP contribution in [-0.2, 0) is 4.74 Å². The van der Waals surface area contributed by atoms with Crippen molar-refractivity contribution in [3.8, 4) is 11.3 Å². The maximum Gasteiger partial charge on any atom is 0.410 e. The van der Waals surface area contributed by atoms with E-state index in [9.17, 15) is 9.18 Å². The van der Waals surface area contributed by atoms with Crippen LogP contribution in [0.2, 0.25) is 0 Å². The second-order valence-corrected chi connectivity index (χ2v) is 10.2. The van der Waals surface area contributed by atoms with Gasteiger partial charge >= 0.3 is 6.09 Å². The molecule has 5 rings (SSSR count). The minimum absolute atomic E-state index is 0.236. The van der Waals surface area contributed by atoms with Crippen molar-refractivity contribution in [1.82, 2.24) is 14.7 Å². The highest BCUT2D eigenvalue weighted by Gasteiger charge is 2.29. The van der Waals surface area contributed by atoms with E-state index in [1.807, 2.05) is 26.8 Å². The number of aromatic nitrogens is 2.